The normalized spacial score (nSPS) is 10.4. The Morgan fingerprint density at radius 3 is 2.68 bits per heavy atom. The average Bonchev–Trinajstić information content (AvgIpc) is 2.62. The molecule has 0 spiro atoms. The number of amides is 1. The van der Waals surface area contributed by atoms with Crippen LogP contribution >= 0.6 is 24.0 Å². The number of nitrogens with one attached hydrogen (secondary N) is 3. The molecule has 0 saturated carbocycles. The number of aliphatic imine (C=N–C) groups is 1. The smallest absolute Gasteiger partial charge is 0.251 e. The molecule has 0 saturated heterocycles. The average molecular weight is 462 g/mol. The summed E-state index contributed by atoms with van der Waals surface area (Å²) in [7, 11) is 3.20. The third-order valence-electron chi connectivity index (χ3n) is 3.01. The molecule has 0 aliphatic carbocycles. The largest absolute Gasteiger partial charge is 0.497 e. The summed E-state index contributed by atoms with van der Waals surface area (Å²) in [4.78, 5) is 16.4. The van der Waals surface area contributed by atoms with Crippen molar-refractivity contribution >= 4 is 35.8 Å². The number of carbonyl (C=O) groups is 1. The van der Waals surface area contributed by atoms with Crippen molar-refractivity contribution in [1.29, 1.82) is 0 Å². The lowest BCUT2D eigenvalue weighted by atomic mass is 10.2. The van der Waals surface area contributed by atoms with E-state index in [0.717, 1.165) is 0 Å². The van der Waals surface area contributed by atoms with Gasteiger partial charge < -0.3 is 25.4 Å². The van der Waals surface area contributed by atoms with Crippen LogP contribution in [-0.4, -0.2) is 58.9 Å². The van der Waals surface area contributed by atoms with Crippen LogP contribution in [0.5, 0.6) is 5.75 Å². The molecule has 8 heteroatoms. The molecule has 1 aromatic carbocycles. The molecule has 140 valence electrons. The molecule has 0 fully saturated rings. The SMILES string of the molecule is C=CCNC(=NCCOC)NCCNC(=O)c1cccc(OC)c1.I. The van der Waals surface area contributed by atoms with E-state index in [1.807, 2.05) is 0 Å². The van der Waals surface area contributed by atoms with Gasteiger partial charge in [0.25, 0.3) is 5.91 Å². The number of carbonyl (C=O) groups excluding carboxylic acids is 1. The summed E-state index contributed by atoms with van der Waals surface area (Å²) in [6, 6.07) is 7.03. The molecular weight excluding hydrogens is 435 g/mol. The fraction of sp³-hybridized carbons (Fsp3) is 0.412. The van der Waals surface area contributed by atoms with Crippen LogP contribution in [-0.2, 0) is 4.74 Å². The monoisotopic (exact) mass is 462 g/mol. The van der Waals surface area contributed by atoms with Crippen LogP contribution in [0.1, 0.15) is 10.4 Å². The Kier molecular flexibility index (Phi) is 13.5. The van der Waals surface area contributed by atoms with E-state index >= 15 is 0 Å². The molecule has 25 heavy (non-hydrogen) atoms. The second kappa shape index (κ2) is 14.5. The van der Waals surface area contributed by atoms with E-state index in [1.54, 1.807) is 44.6 Å². The quantitative estimate of drug-likeness (QED) is 0.161. The lowest BCUT2D eigenvalue weighted by Crippen LogP contribution is -2.41. The molecule has 0 heterocycles. The van der Waals surface area contributed by atoms with E-state index < -0.39 is 0 Å². The zero-order chi connectivity index (χ0) is 17.6. The summed E-state index contributed by atoms with van der Waals surface area (Å²) in [5.74, 6) is 1.16. The molecule has 1 amide bonds. The fourth-order valence-electron chi connectivity index (χ4n) is 1.82. The molecule has 1 aromatic rings. The number of benzene rings is 1. The summed E-state index contributed by atoms with van der Waals surface area (Å²) >= 11 is 0. The van der Waals surface area contributed by atoms with Crippen molar-refractivity contribution in [3.63, 3.8) is 0 Å². The molecule has 3 N–H and O–H groups in total. The van der Waals surface area contributed by atoms with Crippen molar-refractivity contribution in [3.8, 4) is 5.75 Å². The van der Waals surface area contributed by atoms with Crippen LogP contribution in [0.15, 0.2) is 41.9 Å². The third kappa shape index (κ3) is 9.92. The van der Waals surface area contributed by atoms with Gasteiger partial charge in [-0.1, -0.05) is 12.1 Å². The van der Waals surface area contributed by atoms with Crippen molar-refractivity contribution in [3.05, 3.63) is 42.5 Å². The molecular formula is C17H27IN4O3. The number of halogens is 1. The van der Waals surface area contributed by atoms with Crippen LogP contribution < -0.4 is 20.7 Å². The Balaban J connectivity index is 0.00000576. The number of hydrogen-bond donors (Lipinski definition) is 3. The maximum atomic E-state index is 12.1. The maximum absolute atomic E-state index is 12.1. The second-order valence-corrected chi connectivity index (χ2v) is 4.81. The first-order valence-corrected chi connectivity index (χ1v) is 7.75. The zero-order valence-corrected chi connectivity index (χ0v) is 17.0. The predicted molar refractivity (Wildman–Crippen MR) is 111 cm³/mol. The molecule has 1 rings (SSSR count). The van der Waals surface area contributed by atoms with Gasteiger partial charge in [-0.3, -0.25) is 9.79 Å². The Hall–Kier alpha value is -1.81. The number of hydrogen-bond acceptors (Lipinski definition) is 4. The zero-order valence-electron chi connectivity index (χ0n) is 14.7. The highest BCUT2D eigenvalue weighted by Crippen LogP contribution is 2.11. The topological polar surface area (TPSA) is 84.0 Å². The minimum atomic E-state index is -0.146. The molecule has 0 aliphatic rings. The van der Waals surface area contributed by atoms with Crippen LogP contribution in [0.4, 0.5) is 0 Å². The van der Waals surface area contributed by atoms with Gasteiger partial charge in [-0.15, -0.1) is 30.6 Å². The predicted octanol–water partition coefficient (Wildman–Crippen LogP) is 1.41. The molecule has 7 nitrogen and oxygen atoms in total. The van der Waals surface area contributed by atoms with Gasteiger partial charge in [-0.2, -0.15) is 0 Å². The summed E-state index contributed by atoms with van der Waals surface area (Å²) in [6.07, 6.45) is 1.75. The van der Waals surface area contributed by atoms with Crippen LogP contribution in [0.2, 0.25) is 0 Å². The number of ether oxygens (including phenoxy) is 2. The highest BCUT2D eigenvalue weighted by Gasteiger charge is 2.05. The first-order valence-electron chi connectivity index (χ1n) is 7.75. The number of rotatable bonds is 10. The van der Waals surface area contributed by atoms with Crippen molar-refractivity contribution in [2.45, 2.75) is 0 Å². The Morgan fingerprint density at radius 2 is 2.00 bits per heavy atom. The van der Waals surface area contributed by atoms with Gasteiger partial charge in [0.15, 0.2) is 5.96 Å². The Labute approximate surface area is 166 Å². The van der Waals surface area contributed by atoms with Crippen molar-refractivity contribution < 1.29 is 14.3 Å². The first kappa shape index (κ1) is 23.2. The van der Waals surface area contributed by atoms with Gasteiger partial charge in [0.1, 0.15) is 5.75 Å². The van der Waals surface area contributed by atoms with Gasteiger partial charge in [0.2, 0.25) is 0 Å². The molecule has 0 radical (unpaired) electrons. The van der Waals surface area contributed by atoms with E-state index in [4.69, 9.17) is 9.47 Å². The van der Waals surface area contributed by atoms with E-state index in [9.17, 15) is 4.79 Å². The lowest BCUT2D eigenvalue weighted by molar-refractivity contribution is 0.0954. The molecule has 0 bridgehead atoms. The summed E-state index contributed by atoms with van der Waals surface area (Å²) in [5, 5.41) is 9.08. The van der Waals surface area contributed by atoms with Gasteiger partial charge in [0.05, 0.1) is 20.3 Å². The van der Waals surface area contributed by atoms with Crippen LogP contribution in [0.25, 0.3) is 0 Å². The Bertz CT molecular complexity index is 552. The van der Waals surface area contributed by atoms with Crippen molar-refractivity contribution in [2.75, 3.05) is 47.0 Å². The van der Waals surface area contributed by atoms with E-state index in [1.165, 1.54) is 0 Å². The van der Waals surface area contributed by atoms with Gasteiger partial charge >= 0.3 is 0 Å². The van der Waals surface area contributed by atoms with Crippen molar-refractivity contribution in [2.24, 2.45) is 4.99 Å². The Morgan fingerprint density at radius 1 is 1.24 bits per heavy atom. The van der Waals surface area contributed by atoms with Crippen LogP contribution in [0.3, 0.4) is 0 Å². The highest BCUT2D eigenvalue weighted by atomic mass is 127. The van der Waals surface area contributed by atoms with E-state index in [0.29, 0.717) is 50.1 Å². The third-order valence-corrected chi connectivity index (χ3v) is 3.01. The number of guanidine groups is 1. The van der Waals surface area contributed by atoms with Gasteiger partial charge in [-0.25, -0.2) is 0 Å². The molecule has 0 atom stereocenters. The van der Waals surface area contributed by atoms with Gasteiger partial charge in [-0.05, 0) is 18.2 Å². The maximum Gasteiger partial charge on any atom is 0.251 e. The summed E-state index contributed by atoms with van der Waals surface area (Å²) in [5.41, 5.74) is 0.563. The van der Waals surface area contributed by atoms with E-state index in [2.05, 4.69) is 27.5 Å². The molecule has 0 aliphatic heterocycles. The lowest BCUT2D eigenvalue weighted by Gasteiger charge is -2.12. The highest BCUT2D eigenvalue weighted by molar-refractivity contribution is 14.0. The second-order valence-electron chi connectivity index (χ2n) is 4.81. The standard InChI is InChI=1S/C17H26N4O3.HI/c1-4-8-19-17(21-11-12-23-2)20-10-9-18-16(22)14-6-5-7-15(13-14)24-3;/h4-7,13H,1,8-12H2,2-3H3,(H,18,22)(H2,19,20,21);1H. The van der Waals surface area contributed by atoms with Gasteiger partial charge in [0, 0.05) is 32.3 Å². The summed E-state index contributed by atoms with van der Waals surface area (Å²) < 4.78 is 10.1. The fourth-order valence-corrected chi connectivity index (χ4v) is 1.82. The number of nitrogens with zero attached hydrogens (tertiary/aromatic N) is 1. The first-order chi connectivity index (χ1) is 11.7. The van der Waals surface area contributed by atoms with Crippen molar-refractivity contribution in [1.82, 2.24) is 16.0 Å². The number of methoxy groups -OCH3 is 2. The van der Waals surface area contributed by atoms with Crippen LogP contribution in [0, 0.1) is 0 Å². The minimum absolute atomic E-state index is 0. The van der Waals surface area contributed by atoms with E-state index in [-0.39, 0.29) is 29.9 Å². The minimum Gasteiger partial charge on any atom is -0.497 e. The summed E-state index contributed by atoms with van der Waals surface area (Å²) in [6.45, 7) is 6.38. The molecule has 0 unspecified atom stereocenters. The molecule has 0 aromatic heterocycles.